The molecule has 1 aliphatic heterocycles. The highest BCUT2D eigenvalue weighted by Crippen LogP contribution is 2.35. The molecule has 0 saturated carbocycles. The van der Waals surface area contributed by atoms with Crippen LogP contribution in [0, 0.1) is 0 Å². The molecule has 35 heavy (non-hydrogen) atoms. The van der Waals surface area contributed by atoms with Crippen LogP contribution in [0.5, 0.6) is 0 Å². The van der Waals surface area contributed by atoms with Crippen molar-refractivity contribution in [1.29, 1.82) is 0 Å². The number of rotatable bonds is 5. The summed E-state index contributed by atoms with van der Waals surface area (Å²) in [6.07, 6.45) is 0. The lowest BCUT2D eigenvalue weighted by molar-refractivity contribution is -0.116. The van der Waals surface area contributed by atoms with Gasteiger partial charge in [0.1, 0.15) is 0 Å². The third-order valence-corrected chi connectivity index (χ3v) is 7.97. The zero-order valence-electron chi connectivity index (χ0n) is 18.7. The molecule has 0 unspecified atom stereocenters. The average molecular weight is 500 g/mol. The zero-order chi connectivity index (χ0) is 23.8. The van der Waals surface area contributed by atoms with Crippen molar-refractivity contribution < 1.29 is 4.79 Å². The topological polar surface area (TPSA) is 72.5 Å². The lowest BCUT2D eigenvalue weighted by Gasteiger charge is -2.28. The van der Waals surface area contributed by atoms with E-state index in [0.29, 0.717) is 29.4 Å². The first-order valence-electron chi connectivity index (χ1n) is 11.3. The fraction of sp³-hybridized carbons (Fsp3) is 0.154. The molecule has 0 saturated heterocycles. The standard InChI is InChI=1S/C26H21N5O2S2/c32-23(29-14-15-34-22-13-7-6-12-21(22)29)17-35-26-28-27-25-30(16-18-8-2-1-3-9-18)24(33)19-10-4-5-11-20(19)31(25)26/h1-13H,14-17H2. The Balaban J connectivity index is 1.37. The molecule has 2 aromatic heterocycles. The Morgan fingerprint density at radius 1 is 0.943 bits per heavy atom. The minimum atomic E-state index is -0.112. The molecule has 7 nitrogen and oxygen atoms in total. The van der Waals surface area contributed by atoms with E-state index in [4.69, 9.17) is 0 Å². The van der Waals surface area contributed by atoms with Crippen LogP contribution in [0.15, 0.2) is 93.7 Å². The number of thioether (sulfide) groups is 2. The SMILES string of the molecule is O=C(CSc1nnc2n(Cc3ccccc3)c(=O)c3ccccc3n12)N1CCSc2ccccc21. The van der Waals surface area contributed by atoms with Gasteiger partial charge in [-0.15, -0.1) is 22.0 Å². The molecule has 0 atom stereocenters. The first-order chi connectivity index (χ1) is 17.2. The van der Waals surface area contributed by atoms with E-state index in [2.05, 4.69) is 16.3 Å². The molecular formula is C26H21N5O2S2. The molecule has 5 aromatic rings. The van der Waals surface area contributed by atoms with Crippen LogP contribution < -0.4 is 10.5 Å². The number of nitrogens with zero attached hydrogens (tertiary/aromatic N) is 5. The van der Waals surface area contributed by atoms with Crippen LogP contribution in [-0.2, 0) is 11.3 Å². The zero-order valence-corrected chi connectivity index (χ0v) is 20.3. The molecule has 174 valence electrons. The van der Waals surface area contributed by atoms with Gasteiger partial charge in [-0.1, -0.05) is 66.4 Å². The number of hydrogen-bond acceptors (Lipinski definition) is 6. The Kier molecular flexibility index (Phi) is 5.79. The smallest absolute Gasteiger partial charge is 0.263 e. The van der Waals surface area contributed by atoms with Crippen LogP contribution in [0.25, 0.3) is 16.7 Å². The number of fused-ring (bicyclic) bond motifs is 4. The third kappa shape index (κ3) is 4.00. The van der Waals surface area contributed by atoms with Crippen LogP contribution in [0.2, 0.25) is 0 Å². The Morgan fingerprint density at radius 2 is 1.71 bits per heavy atom. The van der Waals surface area contributed by atoms with E-state index >= 15 is 0 Å². The fourth-order valence-electron chi connectivity index (χ4n) is 4.37. The van der Waals surface area contributed by atoms with Gasteiger partial charge in [0.05, 0.1) is 28.9 Å². The lowest BCUT2D eigenvalue weighted by Crippen LogP contribution is -2.36. The summed E-state index contributed by atoms with van der Waals surface area (Å²) in [6.45, 7) is 1.07. The van der Waals surface area contributed by atoms with Crippen molar-refractivity contribution in [2.24, 2.45) is 0 Å². The number of amides is 1. The largest absolute Gasteiger partial charge is 0.310 e. The number of hydrogen-bond donors (Lipinski definition) is 0. The summed E-state index contributed by atoms with van der Waals surface area (Å²) in [4.78, 5) is 29.5. The van der Waals surface area contributed by atoms with E-state index in [0.717, 1.165) is 27.4 Å². The van der Waals surface area contributed by atoms with Gasteiger partial charge in [0.15, 0.2) is 5.16 Å². The van der Waals surface area contributed by atoms with Crippen molar-refractivity contribution >= 4 is 51.8 Å². The second kappa shape index (κ2) is 9.24. The maximum absolute atomic E-state index is 13.4. The summed E-state index contributed by atoms with van der Waals surface area (Å²) in [7, 11) is 0. The highest BCUT2D eigenvalue weighted by molar-refractivity contribution is 8.00. The van der Waals surface area contributed by atoms with E-state index < -0.39 is 0 Å². The predicted octanol–water partition coefficient (Wildman–Crippen LogP) is 4.32. The summed E-state index contributed by atoms with van der Waals surface area (Å²) in [5.41, 5.74) is 2.58. The van der Waals surface area contributed by atoms with Crippen molar-refractivity contribution in [3.05, 3.63) is 94.8 Å². The van der Waals surface area contributed by atoms with Gasteiger partial charge in [0.25, 0.3) is 5.56 Å². The average Bonchev–Trinajstić information content (AvgIpc) is 3.34. The van der Waals surface area contributed by atoms with Crippen LogP contribution in [0.3, 0.4) is 0 Å². The summed E-state index contributed by atoms with van der Waals surface area (Å²) in [6, 6.07) is 25.3. The number of carbonyl (C=O) groups excluding carboxylic acids is 1. The first kappa shape index (κ1) is 21.9. The number of anilines is 1. The summed E-state index contributed by atoms with van der Waals surface area (Å²) >= 11 is 3.12. The molecular weight excluding hydrogens is 478 g/mol. The molecule has 0 radical (unpaired) electrons. The maximum atomic E-state index is 13.4. The monoisotopic (exact) mass is 499 g/mol. The van der Waals surface area contributed by atoms with Crippen molar-refractivity contribution in [3.63, 3.8) is 0 Å². The van der Waals surface area contributed by atoms with Gasteiger partial charge in [0, 0.05) is 17.2 Å². The number of carbonyl (C=O) groups is 1. The molecule has 1 aliphatic rings. The minimum absolute atomic E-state index is 0.0291. The second-order valence-electron chi connectivity index (χ2n) is 8.16. The summed E-state index contributed by atoms with van der Waals surface area (Å²) in [5.74, 6) is 1.59. The first-order valence-corrected chi connectivity index (χ1v) is 13.2. The molecule has 3 aromatic carbocycles. The van der Waals surface area contributed by atoms with Crippen molar-refractivity contribution in [3.8, 4) is 0 Å². The molecule has 0 spiro atoms. The van der Waals surface area contributed by atoms with Gasteiger partial charge < -0.3 is 4.90 Å². The Hall–Kier alpha value is -3.56. The quantitative estimate of drug-likeness (QED) is 0.335. The fourth-order valence-corrected chi connectivity index (χ4v) is 6.18. The minimum Gasteiger partial charge on any atom is -0.310 e. The Labute approximate surface area is 209 Å². The molecule has 0 bridgehead atoms. The predicted molar refractivity (Wildman–Crippen MR) is 141 cm³/mol. The molecule has 3 heterocycles. The van der Waals surface area contributed by atoms with Crippen LogP contribution >= 0.6 is 23.5 Å². The highest BCUT2D eigenvalue weighted by Gasteiger charge is 2.24. The van der Waals surface area contributed by atoms with Crippen molar-refractivity contribution in [2.45, 2.75) is 16.6 Å². The molecule has 1 amide bonds. The molecule has 0 N–H and O–H groups in total. The van der Waals surface area contributed by atoms with E-state index in [1.165, 1.54) is 11.8 Å². The van der Waals surface area contributed by atoms with E-state index in [1.807, 2.05) is 82.1 Å². The van der Waals surface area contributed by atoms with Gasteiger partial charge >= 0.3 is 0 Å². The van der Waals surface area contributed by atoms with Crippen molar-refractivity contribution in [2.75, 3.05) is 23.0 Å². The second-order valence-corrected chi connectivity index (χ2v) is 10.2. The molecule has 6 rings (SSSR count). The number of aromatic nitrogens is 4. The van der Waals surface area contributed by atoms with Gasteiger partial charge in [-0.25, -0.2) is 0 Å². The van der Waals surface area contributed by atoms with Crippen LogP contribution in [0.1, 0.15) is 5.56 Å². The van der Waals surface area contributed by atoms with Crippen LogP contribution in [0.4, 0.5) is 5.69 Å². The lowest BCUT2D eigenvalue weighted by atomic mass is 10.2. The summed E-state index contributed by atoms with van der Waals surface area (Å²) < 4.78 is 3.53. The number of para-hydroxylation sites is 2. The van der Waals surface area contributed by atoms with Gasteiger partial charge in [-0.3, -0.25) is 18.6 Å². The van der Waals surface area contributed by atoms with Gasteiger partial charge in [-0.2, -0.15) is 0 Å². The Morgan fingerprint density at radius 3 is 2.60 bits per heavy atom. The number of benzene rings is 3. The van der Waals surface area contributed by atoms with E-state index in [1.54, 1.807) is 16.3 Å². The Bertz CT molecular complexity index is 1610. The van der Waals surface area contributed by atoms with Gasteiger partial charge in [0.2, 0.25) is 11.7 Å². The van der Waals surface area contributed by atoms with E-state index in [9.17, 15) is 9.59 Å². The van der Waals surface area contributed by atoms with Crippen molar-refractivity contribution in [1.82, 2.24) is 19.2 Å². The van der Waals surface area contributed by atoms with Crippen LogP contribution in [-0.4, -0.2) is 43.1 Å². The normalized spacial score (nSPS) is 13.3. The highest BCUT2D eigenvalue weighted by atomic mass is 32.2. The van der Waals surface area contributed by atoms with E-state index in [-0.39, 0.29) is 17.2 Å². The van der Waals surface area contributed by atoms with Gasteiger partial charge in [-0.05, 0) is 29.8 Å². The maximum Gasteiger partial charge on any atom is 0.263 e. The summed E-state index contributed by atoms with van der Waals surface area (Å²) in [5, 5.41) is 9.95. The molecule has 9 heteroatoms. The third-order valence-electron chi connectivity index (χ3n) is 6.02. The molecule has 0 aliphatic carbocycles. The molecule has 0 fully saturated rings.